The molecule has 0 saturated carbocycles. The molecule has 1 aliphatic heterocycles. The average Bonchev–Trinajstić information content (AvgIpc) is 3.21. The second kappa shape index (κ2) is 7.15. The third-order valence-electron chi connectivity index (χ3n) is 4.83. The van der Waals surface area contributed by atoms with Gasteiger partial charge in [0.15, 0.2) is 11.5 Å². The van der Waals surface area contributed by atoms with Gasteiger partial charge in [0.1, 0.15) is 12.4 Å². The Bertz CT molecular complexity index is 976. The van der Waals surface area contributed by atoms with Gasteiger partial charge in [0, 0.05) is 5.70 Å². The number of nitrogens with one attached hydrogen (secondary N) is 1. The first-order valence-electron chi connectivity index (χ1n) is 8.93. The van der Waals surface area contributed by atoms with Gasteiger partial charge in [0.25, 0.3) is 0 Å². The number of ether oxygens (including phenoxy) is 2. The number of nitrogens with zero attached hydrogens (tertiary/aromatic N) is 3. The minimum absolute atomic E-state index is 0.0931. The topological polar surface area (TPSA) is 61.2 Å². The number of methoxy groups -OCH3 is 2. The minimum atomic E-state index is -0.0931. The molecule has 3 aromatic rings. The van der Waals surface area contributed by atoms with E-state index in [1.54, 1.807) is 20.5 Å². The zero-order chi connectivity index (χ0) is 18.8. The van der Waals surface area contributed by atoms with Gasteiger partial charge in [0.2, 0.25) is 5.95 Å². The van der Waals surface area contributed by atoms with Crippen molar-refractivity contribution in [3.8, 4) is 11.5 Å². The van der Waals surface area contributed by atoms with Crippen LogP contribution in [0.25, 0.3) is 5.70 Å². The van der Waals surface area contributed by atoms with Crippen molar-refractivity contribution in [3.63, 3.8) is 0 Å². The smallest absolute Gasteiger partial charge is 0.226 e. The average molecular weight is 362 g/mol. The van der Waals surface area contributed by atoms with Gasteiger partial charge in [-0.2, -0.15) is 10.1 Å². The summed E-state index contributed by atoms with van der Waals surface area (Å²) in [5.74, 6) is 2.11. The molecule has 0 amide bonds. The van der Waals surface area contributed by atoms with Crippen LogP contribution in [0.4, 0.5) is 5.95 Å². The fourth-order valence-electron chi connectivity index (χ4n) is 3.30. The number of anilines is 1. The van der Waals surface area contributed by atoms with Crippen molar-refractivity contribution in [1.29, 1.82) is 0 Å². The molecular weight excluding hydrogens is 340 g/mol. The lowest BCUT2D eigenvalue weighted by Crippen LogP contribution is -2.20. The van der Waals surface area contributed by atoms with Crippen LogP contribution in [-0.4, -0.2) is 29.0 Å². The predicted octanol–water partition coefficient (Wildman–Crippen LogP) is 3.91. The van der Waals surface area contributed by atoms with Gasteiger partial charge in [-0.15, -0.1) is 0 Å². The van der Waals surface area contributed by atoms with E-state index in [1.807, 2.05) is 22.9 Å². The van der Waals surface area contributed by atoms with Crippen LogP contribution < -0.4 is 14.8 Å². The summed E-state index contributed by atoms with van der Waals surface area (Å²) in [7, 11) is 3.27. The predicted molar refractivity (Wildman–Crippen MR) is 105 cm³/mol. The number of aryl methyl sites for hydroxylation is 1. The van der Waals surface area contributed by atoms with E-state index in [9.17, 15) is 0 Å². The number of fused-ring (bicyclic) bond motifs is 1. The van der Waals surface area contributed by atoms with Crippen molar-refractivity contribution >= 4 is 11.6 Å². The number of hydrogen-bond acceptors (Lipinski definition) is 5. The van der Waals surface area contributed by atoms with Crippen LogP contribution in [0, 0.1) is 0 Å². The maximum Gasteiger partial charge on any atom is 0.226 e. The van der Waals surface area contributed by atoms with Crippen molar-refractivity contribution in [2.75, 3.05) is 19.5 Å². The largest absolute Gasteiger partial charge is 0.493 e. The van der Waals surface area contributed by atoms with Gasteiger partial charge in [-0.1, -0.05) is 37.3 Å². The van der Waals surface area contributed by atoms with Crippen molar-refractivity contribution in [3.05, 3.63) is 71.6 Å². The SMILES string of the molecule is CCc1ccc(C2=CC(c3ccc(OC)c(OC)c3)n3ncnc3N2)cc1. The van der Waals surface area contributed by atoms with Crippen molar-refractivity contribution in [1.82, 2.24) is 14.8 Å². The van der Waals surface area contributed by atoms with Crippen LogP contribution >= 0.6 is 0 Å². The third-order valence-corrected chi connectivity index (χ3v) is 4.83. The molecule has 2 heterocycles. The number of allylic oxidation sites excluding steroid dienone is 1. The molecule has 0 radical (unpaired) electrons. The first kappa shape index (κ1) is 17.1. The van der Waals surface area contributed by atoms with Gasteiger partial charge in [-0.3, -0.25) is 0 Å². The number of aromatic nitrogens is 3. The molecule has 0 bridgehead atoms. The second-order valence-electron chi connectivity index (χ2n) is 6.34. The summed E-state index contributed by atoms with van der Waals surface area (Å²) in [5, 5.41) is 7.77. The summed E-state index contributed by atoms with van der Waals surface area (Å²) in [5.41, 5.74) is 4.49. The molecule has 6 heteroatoms. The van der Waals surface area contributed by atoms with Crippen molar-refractivity contribution in [2.24, 2.45) is 0 Å². The molecule has 1 unspecified atom stereocenters. The standard InChI is InChI=1S/C21H22N4O2/c1-4-14-5-7-15(8-6-14)17-12-18(25-21(24-17)22-13-23-25)16-9-10-19(26-2)20(11-16)27-3/h5-13,18H,4H2,1-3H3,(H,22,23,24). The molecule has 1 N–H and O–H groups in total. The highest BCUT2D eigenvalue weighted by Gasteiger charge is 2.24. The maximum absolute atomic E-state index is 5.47. The van der Waals surface area contributed by atoms with E-state index in [0.717, 1.165) is 23.2 Å². The Hall–Kier alpha value is -3.28. The van der Waals surface area contributed by atoms with E-state index in [0.29, 0.717) is 17.4 Å². The van der Waals surface area contributed by atoms with Crippen LogP contribution in [0.2, 0.25) is 0 Å². The van der Waals surface area contributed by atoms with Crippen LogP contribution in [0.1, 0.15) is 29.7 Å². The Morgan fingerprint density at radius 1 is 1.04 bits per heavy atom. The van der Waals surface area contributed by atoms with E-state index < -0.39 is 0 Å². The van der Waals surface area contributed by atoms with Crippen LogP contribution in [-0.2, 0) is 6.42 Å². The lowest BCUT2D eigenvalue weighted by atomic mass is 10.0. The van der Waals surface area contributed by atoms with Gasteiger partial charge < -0.3 is 14.8 Å². The zero-order valence-corrected chi connectivity index (χ0v) is 15.6. The third kappa shape index (κ3) is 3.14. The van der Waals surface area contributed by atoms with E-state index in [-0.39, 0.29) is 6.04 Å². The van der Waals surface area contributed by atoms with Crippen LogP contribution in [0.15, 0.2) is 54.9 Å². The lowest BCUT2D eigenvalue weighted by molar-refractivity contribution is 0.354. The summed E-state index contributed by atoms with van der Waals surface area (Å²) in [6.45, 7) is 2.16. The lowest BCUT2D eigenvalue weighted by Gasteiger charge is -2.25. The molecular formula is C21H22N4O2. The number of benzene rings is 2. The molecule has 1 aromatic heterocycles. The summed E-state index contributed by atoms with van der Waals surface area (Å²) in [4.78, 5) is 4.36. The molecule has 4 rings (SSSR count). The summed E-state index contributed by atoms with van der Waals surface area (Å²) in [6.07, 6.45) is 4.74. The molecule has 2 aromatic carbocycles. The quantitative estimate of drug-likeness (QED) is 0.745. The Balaban J connectivity index is 1.77. The molecule has 0 fully saturated rings. The molecule has 6 nitrogen and oxygen atoms in total. The fraction of sp³-hybridized carbons (Fsp3) is 0.238. The Labute approximate surface area is 158 Å². The highest BCUT2D eigenvalue weighted by Crippen LogP contribution is 2.36. The Morgan fingerprint density at radius 3 is 2.52 bits per heavy atom. The summed E-state index contributed by atoms with van der Waals surface area (Å²) in [6, 6.07) is 14.4. The number of rotatable bonds is 5. The fourth-order valence-corrected chi connectivity index (χ4v) is 3.30. The van der Waals surface area contributed by atoms with Gasteiger partial charge >= 0.3 is 0 Å². The second-order valence-corrected chi connectivity index (χ2v) is 6.34. The highest BCUT2D eigenvalue weighted by molar-refractivity contribution is 5.77. The van der Waals surface area contributed by atoms with E-state index in [4.69, 9.17) is 9.47 Å². The van der Waals surface area contributed by atoms with Crippen molar-refractivity contribution < 1.29 is 9.47 Å². The summed E-state index contributed by atoms with van der Waals surface area (Å²) >= 11 is 0. The zero-order valence-electron chi connectivity index (χ0n) is 15.6. The molecule has 138 valence electrons. The summed E-state index contributed by atoms with van der Waals surface area (Å²) < 4.78 is 12.7. The minimum Gasteiger partial charge on any atom is -0.493 e. The van der Waals surface area contributed by atoms with Gasteiger partial charge in [-0.25, -0.2) is 4.68 Å². The molecule has 0 saturated heterocycles. The maximum atomic E-state index is 5.47. The molecule has 1 atom stereocenters. The molecule has 1 aliphatic rings. The monoisotopic (exact) mass is 362 g/mol. The first-order chi connectivity index (χ1) is 13.2. The van der Waals surface area contributed by atoms with E-state index in [1.165, 1.54) is 5.56 Å². The van der Waals surface area contributed by atoms with E-state index >= 15 is 0 Å². The Morgan fingerprint density at radius 2 is 1.81 bits per heavy atom. The van der Waals surface area contributed by atoms with Crippen LogP contribution in [0.5, 0.6) is 11.5 Å². The molecule has 0 aliphatic carbocycles. The number of hydrogen-bond donors (Lipinski definition) is 1. The van der Waals surface area contributed by atoms with Gasteiger partial charge in [0.05, 0.1) is 14.2 Å². The highest BCUT2D eigenvalue weighted by atomic mass is 16.5. The molecule has 27 heavy (non-hydrogen) atoms. The molecule has 0 spiro atoms. The van der Waals surface area contributed by atoms with Crippen molar-refractivity contribution in [2.45, 2.75) is 19.4 Å². The first-order valence-corrected chi connectivity index (χ1v) is 8.93. The van der Waals surface area contributed by atoms with E-state index in [2.05, 4.69) is 52.7 Å². The normalized spacial score (nSPS) is 15.5. The Kier molecular flexibility index (Phi) is 4.54. The van der Waals surface area contributed by atoms with Gasteiger partial charge in [-0.05, 0) is 41.3 Å². The van der Waals surface area contributed by atoms with Crippen LogP contribution in [0.3, 0.4) is 0 Å².